The minimum Gasteiger partial charge on any atom is -0.481 e. The number of rotatable bonds is 3. The van der Waals surface area contributed by atoms with Crippen LogP contribution in [0.4, 0.5) is 0 Å². The summed E-state index contributed by atoms with van der Waals surface area (Å²) in [7, 11) is 0. The molecule has 0 aliphatic carbocycles. The van der Waals surface area contributed by atoms with Crippen LogP contribution in [0.25, 0.3) is 0 Å². The second kappa shape index (κ2) is 3.95. The summed E-state index contributed by atoms with van der Waals surface area (Å²) in [4.78, 5) is 10.7. The van der Waals surface area contributed by atoms with E-state index in [1.807, 2.05) is 39.0 Å². The molecular weight excluding hydrogens is 220 g/mol. The minimum atomic E-state index is -0.796. The van der Waals surface area contributed by atoms with Crippen LogP contribution in [-0.2, 0) is 4.79 Å². The number of hydrogen-bond donors (Lipinski definition) is 1. The highest BCUT2D eigenvalue weighted by Gasteiger charge is 2.31. The quantitative estimate of drug-likeness (QED) is 0.876. The van der Waals surface area contributed by atoms with E-state index in [-0.39, 0.29) is 12.3 Å². The molecule has 1 heterocycles. The van der Waals surface area contributed by atoms with E-state index < -0.39 is 11.8 Å². The van der Waals surface area contributed by atoms with Gasteiger partial charge in [-0.2, -0.15) is 0 Å². The maximum absolute atomic E-state index is 10.7. The average Bonchev–Trinajstić information content (AvgIpc) is 2.48. The van der Waals surface area contributed by atoms with Crippen molar-refractivity contribution in [1.29, 1.82) is 0 Å². The number of benzene rings is 1. The van der Waals surface area contributed by atoms with Crippen molar-refractivity contribution >= 4 is 5.97 Å². The largest absolute Gasteiger partial charge is 0.481 e. The van der Waals surface area contributed by atoms with E-state index in [0.717, 1.165) is 5.56 Å². The van der Waals surface area contributed by atoms with Gasteiger partial charge in [0, 0.05) is 13.8 Å². The molecule has 0 aromatic heterocycles. The van der Waals surface area contributed by atoms with Crippen molar-refractivity contribution in [2.45, 2.75) is 38.9 Å². The lowest BCUT2D eigenvalue weighted by Crippen LogP contribution is -2.29. The van der Waals surface area contributed by atoms with Crippen LogP contribution in [0, 0.1) is 0 Å². The van der Waals surface area contributed by atoms with Crippen molar-refractivity contribution in [3.8, 4) is 11.5 Å². The van der Waals surface area contributed by atoms with E-state index in [0.29, 0.717) is 11.5 Å². The van der Waals surface area contributed by atoms with Crippen LogP contribution < -0.4 is 9.47 Å². The van der Waals surface area contributed by atoms with Gasteiger partial charge in [0.2, 0.25) is 5.79 Å². The second-order valence-electron chi connectivity index (χ2n) is 4.81. The van der Waals surface area contributed by atoms with E-state index in [9.17, 15) is 4.79 Å². The molecule has 1 unspecified atom stereocenters. The van der Waals surface area contributed by atoms with Gasteiger partial charge in [0.25, 0.3) is 0 Å². The van der Waals surface area contributed by atoms with Gasteiger partial charge in [-0.25, -0.2) is 0 Å². The number of aliphatic carboxylic acids is 1. The van der Waals surface area contributed by atoms with Gasteiger partial charge in [0.1, 0.15) is 0 Å². The second-order valence-corrected chi connectivity index (χ2v) is 4.81. The van der Waals surface area contributed by atoms with Gasteiger partial charge < -0.3 is 14.6 Å². The summed E-state index contributed by atoms with van der Waals surface area (Å²) in [5.41, 5.74) is 0.951. The van der Waals surface area contributed by atoms with E-state index in [1.54, 1.807) is 0 Å². The van der Waals surface area contributed by atoms with E-state index in [2.05, 4.69) is 0 Å². The zero-order chi connectivity index (χ0) is 12.6. The molecule has 1 aromatic rings. The van der Waals surface area contributed by atoms with E-state index in [1.165, 1.54) is 0 Å². The monoisotopic (exact) mass is 236 g/mol. The number of fused-ring (bicyclic) bond motifs is 1. The van der Waals surface area contributed by atoms with E-state index in [4.69, 9.17) is 14.6 Å². The first kappa shape index (κ1) is 11.8. The molecule has 1 aliphatic heterocycles. The standard InChI is InChI=1S/C13H16O4/c1-8(6-12(14)15)9-4-5-10-11(7-9)17-13(2,3)16-10/h4-5,7-8H,6H2,1-3H3,(H,14,15). The molecule has 1 aromatic carbocycles. The highest BCUT2D eigenvalue weighted by atomic mass is 16.7. The fourth-order valence-electron chi connectivity index (χ4n) is 1.93. The Labute approximate surface area is 100 Å². The SMILES string of the molecule is CC(CC(=O)O)c1ccc2c(c1)OC(C)(C)O2. The normalized spacial score (nSPS) is 17.8. The molecule has 0 fully saturated rings. The predicted octanol–water partition coefficient (Wildman–Crippen LogP) is 2.77. The minimum absolute atomic E-state index is 0.0369. The van der Waals surface area contributed by atoms with Crippen LogP contribution in [0.1, 0.15) is 38.7 Å². The summed E-state index contributed by atoms with van der Waals surface area (Å²) in [5.74, 6) is -0.0802. The van der Waals surface area contributed by atoms with Gasteiger partial charge in [0.05, 0.1) is 6.42 Å². The van der Waals surface area contributed by atoms with Crippen LogP contribution >= 0.6 is 0 Å². The van der Waals surface area contributed by atoms with Crippen molar-refractivity contribution in [3.63, 3.8) is 0 Å². The smallest absolute Gasteiger partial charge is 0.303 e. The fourth-order valence-corrected chi connectivity index (χ4v) is 1.93. The molecule has 0 saturated heterocycles. The fraction of sp³-hybridized carbons (Fsp3) is 0.462. The van der Waals surface area contributed by atoms with Gasteiger partial charge >= 0.3 is 5.97 Å². The van der Waals surface area contributed by atoms with Crippen molar-refractivity contribution in [2.24, 2.45) is 0 Å². The lowest BCUT2D eigenvalue weighted by atomic mass is 9.97. The first-order chi connectivity index (χ1) is 7.87. The Morgan fingerprint density at radius 2 is 2.00 bits per heavy atom. The number of carbonyl (C=O) groups is 1. The molecule has 2 rings (SSSR count). The van der Waals surface area contributed by atoms with Gasteiger partial charge in [-0.1, -0.05) is 13.0 Å². The summed E-state index contributed by atoms with van der Waals surface area (Å²) in [6.07, 6.45) is 0.114. The third-order valence-electron chi connectivity index (χ3n) is 2.73. The van der Waals surface area contributed by atoms with Crippen LogP contribution in [0.3, 0.4) is 0 Å². The Morgan fingerprint density at radius 1 is 1.35 bits per heavy atom. The maximum Gasteiger partial charge on any atom is 0.303 e. The predicted molar refractivity (Wildman–Crippen MR) is 62.4 cm³/mol. The molecule has 92 valence electrons. The number of ether oxygens (including phenoxy) is 2. The number of carboxylic acids is 1. The molecule has 1 atom stereocenters. The highest BCUT2D eigenvalue weighted by molar-refractivity contribution is 5.68. The summed E-state index contributed by atoms with van der Waals surface area (Å²) in [5, 5.41) is 8.77. The molecular formula is C13H16O4. The Morgan fingerprint density at radius 3 is 2.65 bits per heavy atom. The van der Waals surface area contributed by atoms with Crippen LogP contribution in [-0.4, -0.2) is 16.9 Å². The molecule has 0 amide bonds. The van der Waals surface area contributed by atoms with Gasteiger partial charge in [0.15, 0.2) is 11.5 Å². The summed E-state index contributed by atoms with van der Waals surface area (Å²) >= 11 is 0. The van der Waals surface area contributed by atoms with Crippen molar-refractivity contribution in [2.75, 3.05) is 0 Å². The molecule has 0 bridgehead atoms. The average molecular weight is 236 g/mol. The summed E-state index contributed by atoms with van der Waals surface area (Å²) < 4.78 is 11.2. The molecule has 1 N–H and O–H groups in total. The van der Waals surface area contributed by atoms with Crippen molar-refractivity contribution < 1.29 is 19.4 Å². The molecule has 0 spiro atoms. The maximum atomic E-state index is 10.7. The zero-order valence-corrected chi connectivity index (χ0v) is 10.2. The number of hydrogen-bond acceptors (Lipinski definition) is 3. The lowest BCUT2D eigenvalue weighted by molar-refractivity contribution is -0.137. The first-order valence-electron chi connectivity index (χ1n) is 5.61. The first-order valence-corrected chi connectivity index (χ1v) is 5.61. The summed E-state index contributed by atoms with van der Waals surface area (Å²) in [6.45, 7) is 5.57. The Balaban J connectivity index is 2.21. The Kier molecular flexibility index (Phi) is 2.73. The molecule has 4 heteroatoms. The van der Waals surface area contributed by atoms with Crippen molar-refractivity contribution in [1.82, 2.24) is 0 Å². The molecule has 0 saturated carbocycles. The Hall–Kier alpha value is -1.71. The Bertz CT molecular complexity index is 451. The molecule has 4 nitrogen and oxygen atoms in total. The third-order valence-corrected chi connectivity index (χ3v) is 2.73. The third kappa shape index (κ3) is 2.52. The molecule has 17 heavy (non-hydrogen) atoms. The van der Waals surface area contributed by atoms with Crippen LogP contribution in [0.15, 0.2) is 18.2 Å². The topological polar surface area (TPSA) is 55.8 Å². The van der Waals surface area contributed by atoms with Crippen LogP contribution in [0.2, 0.25) is 0 Å². The molecule has 0 radical (unpaired) electrons. The highest BCUT2D eigenvalue weighted by Crippen LogP contribution is 2.40. The summed E-state index contributed by atoms with van der Waals surface area (Å²) in [6, 6.07) is 5.58. The van der Waals surface area contributed by atoms with Gasteiger partial charge in [-0.3, -0.25) is 4.79 Å². The molecule has 1 aliphatic rings. The van der Waals surface area contributed by atoms with Crippen LogP contribution in [0.5, 0.6) is 11.5 Å². The zero-order valence-electron chi connectivity index (χ0n) is 10.2. The van der Waals surface area contributed by atoms with Gasteiger partial charge in [-0.05, 0) is 23.6 Å². The number of carboxylic acid groups (broad SMARTS) is 1. The van der Waals surface area contributed by atoms with E-state index >= 15 is 0 Å². The van der Waals surface area contributed by atoms with Crippen molar-refractivity contribution in [3.05, 3.63) is 23.8 Å². The van der Waals surface area contributed by atoms with Gasteiger partial charge in [-0.15, -0.1) is 0 Å². The lowest BCUT2D eigenvalue weighted by Gasteiger charge is -2.16.